The molecule has 1 aliphatic rings. The van der Waals surface area contributed by atoms with Crippen molar-refractivity contribution in [2.24, 2.45) is 0 Å². The molecule has 0 spiro atoms. The van der Waals surface area contributed by atoms with Crippen LogP contribution in [0, 0.1) is 0 Å². The molecule has 0 bridgehead atoms. The number of carbonyl (C=O) groups is 2. The second-order valence-electron chi connectivity index (χ2n) is 8.20. The van der Waals surface area contributed by atoms with E-state index in [4.69, 9.17) is 9.57 Å². The normalized spacial score (nSPS) is 14.1. The number of carbonyl (C=O) groups excluding carboxylic acids is 2. The first kappa shape index (κ1) is 23.6. The average molecular weight is 495 g/mol. The highest BCUT2D eigenvalue weighted by Crippen LogP contribution is 2.31. The number of ether oxygens (including phenoxy) is 1. The summed E-state index contributed by atoms with van der Waals surface area (Å²) in [4.78, 5) is 35.0. The number of alkyl halides is 3. The highest BCUT2D eigenvalue weighted by Gasteiger charge is 2.42. The molecule has 0 saturated carbocycles. The van der Waals surface area contributed by atoms with Crippen LogP contribution in [0.25, 0.3) is 33.3 Å². The van der Waals surface area contributed by atoms with Crippen molar-refractivity contribution >= 4 is 22.8 Å². The number of halogens is 3. The van der Waals surface area contributed by atoms with Gasteiger partial charge in [-0.3, -0.25) is 9.78 Å². The molecule has 4 aromatic rings. The Bertz CT molecular complexity index is 1420. The fraction of sp³-hybridized carbons (Fsp3) is 0.192. The highest BCUT2D eigenvalue weighted by atomic mass is 19.4. The molecule has 0 unspecified atom stereocenters. The summed E-state index contributed by atoms with van der Waals surface area (Å²) >= 11 is 0. The van der Waals surface area contributed by atoms with Gasteiger partial charge < -0.3 is 14.5 Å². The zero-order chi connectivity index (χ0) is 25.3. The molecule has 3 heterocycles. The van der Waals surface area contributed by atoms with E-state index in [2.05, 4.69) is 4.98 Å². The smallest absolute Gasteiger partial charge is 0.378 e. The van der Waals surface area contributed by atoms with E-state index in [1.165, 1.54) is 6.20 Å². The largest absolute Gasteiger partial charge is 0.493 e. The van der Waals surface area contributed by atoms with Crippen molar-refractivity contribution in [2.75, 3.05) is 26.3 Å². The minimum Gasteiger partial charge on any atom is -0.378 e. The van der Waals surface area contributed by atoms with Crippen LogP contribution in [0.2, 0.25) is 0 Å². The minimum absolute atomic E-state index is 0.0762. The van der Waals surface area contributed by atoms with Gasteiger partial charge in [-0.2, -0.15) is 17.9 Å². The van der Waals surface area contributed by atoms with Crippen LogP contribution >= 0.6 is 0 Å². The first-order valence-electron chi connectivity index (χ1n) is 11.1. The summed E-state index contributed by atoms with van der Waals surface area (Å²) < 4.78 is 45.0. The lowest BCUT2D eigenvalue weighted by Gasteiger charge is -2.26. The number of benzene rings is 2. The van der Waals surface area contributed by atoms with Gasteiger partial charge in [-0.05, 0) is 35.9 Å². The lowest BCUT2D eigenvalue weighted by molar-refractivity contribution is -0.199. The second-order valence-corrected chi connectivity index (χ2v) is 8.20. The van der Waals surface area contributed by atoms with Gasteiger partial charge in [-0.1, -0.05) is 30.3 Å². The summed E-state index contributed by atoms with van der Waals surface area (Å²) in [7, 11) is 0. The molecule has 0 N–H and O–H groups in total. The van der Waals surface area contributed by atoms with E-state index in [0.717, 1.165) is 10.3 Å². The van der Waals surface area contributed by atoms with Crippen molar-refractivity contribution < 1.29 is 32.3 Å². The summed E-state index contributed by atoms with van der Waals surface area (Å²) in [5.74, 6) is -2.40. The van der Waals surface area contributed by atoms with Gasteiger partial charge in [0.05, 0.1) is 24.4 Å². The zero-order valence-corrected chi connectivity index (χ0v) is 18.9. The Balaban J connectivity index is 1.47. The molecular formula is C26H20F3N3O4. The van der Waals surface area contributed by atoms with Gasteiger partial charge in [0.15, 0.2) is 0 Å². The lowest BCUT2D eigenvalue weighted by atomic mass is 10.0. The maximum absolute atomic E-state index is 12.9. The number of aromatic nitrogens is 2. The number of amides is 1. The SMILES string of the molecule is O=C(c1ccc(-c2cncc(-c3cc4ccccc4n3OC(=O)C(F)(F)F)c2)cc1)N1CCOCC1. The average Bonchev–Trinajstić information content (AvgIpc) is 3.27. The van der Waals surface area contributed by atoms with Crippen LogP contribution in [0.4, 0.5) is 13.2 Å². The van der Waals surface area contributed by atoms with E-state index < -0.39 is 12.1 Å². The number of rotatable bonds is 4. The zero-order valence-electron chi connectivity index (χ0n) is 18.9. The van der Waals surface area contributed by atoms with E-state index in [-0.39, 0.29) is 11.6 Å². The fourth-order valence-electron chi connectivity index (χ4n) is 4.06. The lowest BCUT2D eigenvalue weighted by Crippen LogP contribution is -2.40. The highest BCUT2D eigenvalue weighted by molar-refractivity contribution is 5.95. The standard InChI is InChI=1S/C26H20F3N3O4/c27-26(28,29)25(34)36-32-22-4-2-1-3-19(22)14-23(32)21-13-20(15-30-16-21)17-5-7-18(8-6-17)24(33)31-9-11-35-12-10-31/h1-8,13-16H,9-12H2. The van der Waals surface area contributed by atoms with Gasteiger partial charge >= 0.3 is 12.1 Å². The van der Waals surface area contributed by atoms with Gasteiger partial charge in [-0.25, -0.2) is 4.79 Å². The Kier molecular flexibility index (Phi) is 6.19. The Labute approximate surface area is 203 Å². The molecule has 1 aliphatic heterocycles. The topological polar surface area (TPSA) is 73.7 Å². The van der Waals surface area contributed by atoms with Gasteiger partial charge in [0.1, 0.15) is 0 Å². The van der Waals surface area contributed by atoms with Crippen molar-refractivity contribution in [2.45, 2.75) is 6.18 Å². The van der Waals surface area contributed by atoms with E-state index in [1.807, 2.05) is 0 Å². The molecule has 0 aliphatic carbocycles. The molecule has 5 rings (SSSR count). The van der Waals surface area contributed by atoms with E-state index in [0.29, 0.717) is 53.9 Å². The van der Waals surface area contributed by atoms with Crippen LogP contribution < -0.4 is 4.84 Å². The first-order valence-corrected chi connectivity index (χ1v) is 11.1. The van der Waals surface area contributed by atoms with Gasteiger partial charge in [-0.15, -0.1) is 0 Å². The quantitative estimate of drug-likeness (QED) is 0.421. The molecule has 0 radical (unpaired) electrons. The Morgan fingerprint density at radius 1 is 0.889 bits per heavy atom. The number of hydrogen-bond acceptors (Lipinski definition) is 5. The number of hydrogen-bond donors (Lipinski definition) is 0. The van der Waals surface area contributed by atoms with Crippen LogP contribution in [-0.2, 0) is 9.53 Å². The third-order valence-corrected chi connectivity index (χ3v) is 5.87. The van der Waals surface area contributed by atoms with Crippen LogP contribution in [-0.4, -0.2) is 59.0 Å². The number of morpholine rings is 1. The maximum Gasteiger partial charge on any atom is 0.493 e. The molecule has 36 heavy (non-hydrogen) atoms. The van der Waals surface area contributed by atoms with Crippen molar-refractivity contribution in [1.82, 2.24) is 14.6 Å². The summed E-state index contributed by atoms with van der Waals surface area (Å²) in [5.41, 5.74) is 2.98. The summed E-state index contributed by atoms with van der Waals surface area (Å²) in [5, 5.41) is 0.596. The Hall–Kier alpha value is -4.18. The van der Waals surface area contributed by atoms with Crippen LogP contribution in [0.5, 0.6) is 0 Å². The minimum atomic E-state index is -5.15. The summed E-state index contributed by atoms with van der Waals surface area (Å²) in [6, 6.07) is 17.0. The fourth-order valence-corrected chi connectivity index (χ4v) is 4.06. The van der Waals surface area contributed by atoms with Crippen LogP contribution in [0.15, 0.2) is 73.1 Å². The molecule has 184 valence electrons. The molecular weight excluding hydrogens is 475 g/mol. The molecule has 10 heteroatoms. The molecule has 0 atom stereocenters. The van der Waals surface area contributed by atoms with Crippen LogP contribution in [0.3, 0.4) is 0 Å². The molecule has 1 amide bonds. The molecule has 7 nitrogen and oxygen atoms in total. The maximum atomic E-state index is 12.9. The van der Waals surface area contributed by atoms with Crippen molar-refractivity contribution in [3.8, 4) is 22.4 Å². The first-order chi connectivity index (χ1) is 17.3. The third kappa shape index (κ3) is 4.67. The van der Waals surface area contributed by atoms with Crippen molar-refractivity contribution in [1.29, 1.82) is 0 Å². The number of fused-ring (bicyclic) bond motifs is 1. The predicted molar refractivity (Wildman–Crippen MR) is 125 cm³/mol. The summed E-state index contributed by atoms with van der Waals surface area (Å²) in [6.45, 7) is 2.10. The number of nitrogens with zero attached hydrogens (tertiary/aromatic N) is 3. The van der Waals surface area contributed by atoms with E-state index >= 15 is 0 Å². The van der Waals surface area contributed by atoms with Gasteiger partial charge in [0.2, 0.25) is 0 Å². The van der Waals surface area contributed by atoms with E-state index in [9.17, 15) is 22.8 Å². The molecule has 1 saturated heterocycles. The van der Waals surface area contributed by atoms with Crippen molar-refractivity contribution in [3.63, 3.8) is 0 Å². The Morgan fingerprint density at radius 2 is 1.58 bits per heavy atom. The molecule has 1 fully saturated rings. The van der Waals surface area contributed by atoms with Crippen molar-refractivity contribution in [3.05, 3.63) is 78.6 Å². The predicted octanol–water partition coefficient (Wildman–Crippen LogP) is 4.36. The number of pyridine rings is 1. The molecule has 2 aromatic heterocycles. The third-order valence-electron chi connectivity index (χ3n) is 5.87. The van der Waals surface area contributed by atoms with Gasteiger partial charge in [0.25, 0.3) is 5.91 Å². The Morgan fingerprint density at radius 3 is 2.31 bits per heavy atom. The van der Waals surface area contributed by atoms with Gasteiger partial charge in [0, 0.05) is 47.6 Å². The van der Waals surface area contributed by atoms with E-state index in [1.54, 1.807) is 71.8 Å². The summed E-state index contributed by atoms with van der Waals surface area (Å²) in [6.07, 6.45) is -2.06. The number of para-hydroxylation sites is 1. The monoisotopic (exact) mass is 495 g/mol. The van der Waals surface area contributed by atoms with Crippen LogP contribution in [0.1, 0.15) is 10.4 Å². The second kappa shape index (κ2) is 9.46. The molecule has 2 aromatic carbocycles.